The number of halogens is 1. The Morgan fingerprint density at radius 1 is 1.28 bits per heavy atom. The normalized spacial score (nSPS) is 18.7. The molecule has 2 fully saturated rings. The molecule has 2 aliphatic carbocycles. The maximum Gasteiger partial charge on any atom is 0.256 e. The van der Waals surface area contributed by atoms with Gasteiger partial charge in [0.1, 0.15) is 4.60 Å². The minimum atomic E-state index is 0.133. The summed E-state index contributed by atoms with van der Waals surface area (Å²) in [4.78, 5) is 18.7. The van der Waals surface area contributed by atoms with Crippen molar-refractivity contribution in [3.05, 3.63) is 28.5 Å². The van der Waals surface area contributed by atoms with Crippen LogP contribution >= 0.6 is 15.9 Å². The molecule has 2 aliphatic rings. The predicted octanol–water partition coefficient (Wildman–Crippen LogP) is 3.11. The number of rotatable bonds is 5. The van der Waals surface area contributed by atoms with Gasteiger partial charge in [0.2, 0.25) is 0 Å². The first-order valence-corrected chi connectivity index (χ1v) is 7.43. The molecule has 1 amide bonds. The van der Waals surface area contributed by atoms with Gasteiger partial charge in [0.25, 0.3) is 5.91 Å². The van der Waals surface area contributed by atoms with Crippen molar-refractivity contribution in [1.29, 1.82) is 0 Å². The van der Waals surface area contributed by atoms with Crippen LogP contribution in [0.3, 0.4) is 0 Å². The van der Waals surface area contributed by atoms with E-state index < -0.39 is 0 Å². The Morgan fingerprint density at radius 2 is 1.89 bits per heavy atom. The summed E-state index contributed by atoms with van der Waals surface area (Å²) < 4.78 is 0.659. The van der Waals surface area contributed by atoms with Crippen LogP contribution in [-0.4, -0.2) is 28.9 Å². The van der Waals surface area contributed by atoms with Gasteiger partial charge in [-0.2, -0.15) is 0 Å². The van der Waals surface area contributed by atoms with Crippen LogP contribution < -0.4 is 0 Å². The number of hydrogen-bond acceptors (Lipinski definition) is 2. The fraction of sp³-hybridized carbons (Fsp3) is 0.571. The molecule has 1 heterocycles. The summed E-state index contributed by atoms with van der Waals surface area (Å²) in [6.45, 7) is 1.85. The highest BCUT2D eigenvalue weighted by Crippen LogP contribution is 2.34. The Kier molecular flexibility index (Phi) is 3.37. The van der Waals surface area contributed by atoms with E-state index in [1.165, 1.54) is 25.7 Å². The lowest BCUT2D eigenvalue weighted by atomic mass is 10.2. The second-order valence-electron chi connectivity index (χ2n) is 5.44. The molecule has 3 nitrogen and oxygen atoms in total. The van der Waals surface area contributed by atoms with Crippen LogP contribution in [-0.2, 0) is 0 Å². The fourth-order valence-electron chi connectivity index (χ4n) is 2.18. The maximum atomic E-state index is 12.5. The molecule has 0 aromatic carbocycles. The summed E-state index contributed by atoms with van der Waals surface area (Å²) in [6.07, 6.45) is 6.82. The average molecular weight is 309 g/mol. The van der Waals surface area contributed by atoms with Crippen LogP contribution in [0.15, 0.2) is 22.9 Å². The molecule has 1 aromatic heterocycles. The lowest BCUT2D eigenvalue weighted by Gasteiger charge is -2.23. The molecule has 1 aromatic rings. The predicted molar refractivity (Wildman–Crippen MR) is 73.3 cm³/mol. The van der Waals surface area contributed by atoms with Crippen molar-refractivity contribution in [3.8, 4) is 0 Å². The van der Waals surface area contributed by atoms with E-state index in [0.29, 0.717) is 10.2 Å². The van der Waals surface area contributed by atoms with Gasteiger partial charge in [0, 0.05) is 19.3 Å². The number of aromatic nitrogens is 1. The quantitative estimate of drug-likeness (QED) is 0.783. The molecule has 0 spiro atoms. The van der Waals surface area contributed by atoms with E-state index in [9.17, 15) is 4.79 Å². The van der Waals surface area contributed by atoms with Crippen molar-refractivity contribution >= 4 is 21.8 Å². The van der Waals surface area contributed by atoms with Gasteiger partial charge < -0.3 is 4.90 Å². The summed E-state index contributed by atoms with van der Waals surface area (Å²) in [5.74, 6) is 1.61. The van der Waals surface area contributed by atoms with Gasteiger partial charge >= 0.3 is 0 Å². The molecule has 0 atom stereocenters. The zero-order valence-corrected chi connectivity index (χ0v) is 11.9. The fourth-order valence-corrected chi connectivity index (χ4v) is 2.60. The third-order valence-corrected chi connectivity index (χ3v) is 4.26. The van der Waals surface area contributed by atoms with Crippen molar-refractivity contribution in [2.45, 2.75) is 25.7 Å². The molecule has 18 heavy (non-hydrogen) atoms. The molecule has 0 bridgehead atoms. The summed E-state index contributed by atoms with van der Waals surface area (Å²) in [7, 11) is 0. The smallest absolute Gasteiger partial charge is 0.256 e. The summed E-state index contributed by atoms with van der Waals surface area (Å²) in [5, 5.41) is 0. The Bertz CT molecular complexity index is 441. The van der Waals surface area contributed by atoms with Gasteiger partial charge in [-0.25, -0.2) is 4.98 Å². The zero-order valence-electron chi connectivity index (χ0n) is 10.3. The van der Waals surface area contributed by atoms with E-state index in [2.05, 4.69) is 20.9 Å². The number of nitrogens with zero attached hydrogens (tertiary/aromatic N) is 2. The van der Waals surface area contributed by atoms with E-state index >= 15 is 0 Å². The van der Waals surface area contributed by atoms with Crippen molar-refractivity contribution in [2.24, 2.45) is 11.8 Å². The number of hydrogen-bond donors (Lipinski definition) is 0. The third kappa shape index (κ3) is 2.91. The van der Waals surface area contributed by atoms with E-state index in [4.69, 9.17) is 0 Å². The number of carbonyl (C=O) groups is 1. The Balaban J connectivity index is 1.75. The van der Waals surface area contributed by atoms with Gasteiger partial charge in [-0.05, 0) is 65.6 Å². The topological polar surface area (TPSA) is 33.2 Å². The molecule has 3 rings (SSSR count). The number of amides is 1. The lowest BCUT2D eigenvalue weighted by molar-refractivity contribution is 0.0738. The van der Waals surface area contributed by atoms with Crippen LogP contribution in [0.25, 0.3) is 0 Å². The minimum Gasteiger partial charge on any atom is -0.338 e. The summed E-state index contributed by atoms with van der Waals surface area (Å²) in [5.41, 5.74) is 0.693. The lowest BCUT2D eigenvalue weighted by Crippen LogP contribution is -2.35. The van der Waals surface area contributed by atoms with Crippen molar-refractivity contribution in [2.75, 3.05) is 13.1 Å². The first-order chi connectivity index (χ1) is 8.74. The molecular formula is C14H17BrN2O. The number of carbonyl (C=O) groups excluding carboxylic acids is 1. The summed E-state index contributed by atoms with van der Waals surface area (Å²) in [6, 6.07) is 3.68. The molecule has 2 saturated carbocycles. The monoisotopic (exact) mass is 308 g/mol. The Labute approximate surface area is 116 Å². The van der Waals surface area contributed by atoms with E-state index in [0.717, 1.165) is 24.9 Å². The molecule has 0 unspecified atom stereocenters. The van der Waals surface area contributed by atoms with E-state index in [-0.39, 0.29) is 5.91 Å². The third-order valence-electron chi connectivity index (χ3n) is 3.63. The molecule has 0 N–H and O–H groups in total. The summed E-state index contributed by atoms with van der Waals surface area (Å²) >= 11 is 3.37. The van der Waals surface area contributed by atoms with Crippen LogP contribution in [0.5, 0.6) is 0 Å². The van der Waals surface area contributed by atoms with Crippen LogP contribution in [0, 0.1) is 11.8 Å². The molecule has 0 saturated heterocycles. The van der Waals surface area contributed by atoms with Gasteiger partial charge in [0.15, 0.2) is 0 Å². The van der Waals surface area contributed by atoms with E-state index in [1.54, 1.807) is 6.20 Å². The van der Waals surface area contributed by atoms with Gasteiger partial charge in [-0.1, -0.05) is 0 Å². The van der Waals surface area contributed by atoms with Gasteiger partial charge in [0.05, 0.1) is 5.56 Å². The molecule has 0 aliphatic heterocycles. The largest absolute Gasteiger partial charge is 0.338 e. The highest BCUT2D eigenvalue weighted by atomic mass is 79.9. The SMILES string of the molecule is O=C(c1cccnc1Br)N(CC1CC1)CC1CC1. The maximum absolute atomic E-state index is 12.5. The first-order valence-electron chi connectivity index (χ1n) is 6.64. The van der Waals surface area contributed by atoms with Crippen molar-refractivity contribution < 1.29 is 4.79 Å². The van der Waals surface area contributed by atoms with Gasteiger partial charge in [-0.3, -0.25) is 4.79 Å². The number of pyridine rings is 1. The molecular weight excluding hydrogens is 292 g/mol. The molecule has 0 radical (unpaired) electrons. The highest BCUT2D eigenvalue weighted by molar-refractivity contribution is 9.10. The van der Waals surface area contributed by atoms with Crippen LogP contribution in [0.2, 0.25) is 0 Å². The van der Waals surface area contributed by atoms with Crippen molar-refractivity contribution in [3.63, 3.8) is 0 Å². The minimum absolute atomic E-state index is 0.133. The zero-order chi connectivity index (χ0) is 12.5. The van der Waals surface area contributed by atoms with Crippen LogP contribution in [0.1, 0.15) is 36.0 Å². The average Bonchev–Trinajstić information content (AvgIpc) is 3.23. The van der Waals surface area contributed by atoms with Crippen molar-refractivity contribution in [1.82, 2.24) is 9.88 Å². The second-order valence-corrected chi connectivity index (χ2v) is 6.19. The molecule has 4 heteroatoms. The van der Waals surface area contributed by atoms with Crippen LogP contribution in [0.4, 0.5) is 0 Å². The molecule has 96 valence electrons. The second kappa shape index (κ2) is 5.00. The first kappa shape index (κ1) is 12.2. The Hall–Kier alpha value is -0.900. The Morgan fingerprint density at radius 3 is 2.39 bits per heavy atom. The van der Waals surface area contributed by atoms with E-state index in [1.807, 2.05) is 17.0 Å². The highest BCUT2D eigenvalue weighted by Gasteiger charge is 2.32. The standard InChI is InChI=1S/C14H17BrN2O/c15-13-12(2-1-7-16-13)14(18)17(8-10-3-4-10)9-11-5-6-11/h1-2,7,10-11H,3-6,8-9H2. The van der Waals surface area contributed by atoms with Gasteiger partial charge in [-0.15, -0.1) is 0 Å².